The van der Waals surface area contributed by atoms with E-state index in [1.54, 1.807) is 0 Å². The maximum absolute atomic E-state index is 11.7. The number of hydrogen-bond donors (Lipinski definition) is 2. The van der Waals surface area contributed by atoms with Gasteiger partial charge in [0.25, 0.3) is 0 Å². The van der Waals surface area contributed by atoms with Gasteiger partial charge in [-0.15, -0.1) is 0 Å². The van der Waals surface area contributed by atoms with Crippen molar-refractivity contribution < 1.29 is 9.59 Å². The van der Waals surface area contributed by atoms with Crippen LogP contribution in [-0.2, 0) is 16.0 Å². The predicted octanol–water partition coefficient (Wildman–Crippen LogP) is -0.223. The first-order valence-electron chi connectivity index (χ1n) is 6.54. The average Bonchev–Trinajstić information content (AvgIpc) is 2.40. The van der Waals surface area contributed by atoms with Gasteiger partial charge in [-0.3, -0.25) is 19.8 Å². The molecule has 0 aliphatic carbocycles. The lowest BCUT2D eigenvalue weighted by Gasteiger charge is -2.26. The summed E-state index contributed by atoms with van der Waals surface area (Å²) in [4.78, 5) is 25.5. The molecule has 1 saturated heterocycles. The van der Waals surface area contributed by atoms with Gasteiger partial charge in [0.05, 0.1) is 13.0 Å². The number of amides is 2. The molecule has 0 saturated carbocycles. The molecular formula is C14H19N3O2. The molecule has 0 spiro atoms. The van der Waals surface area contributed by atoms with Gasteiger partial charge in [-0.25, -0.2) is 0 Å². The van der Waals surface area contributed by atoms with Crippen LogP contribution in [0.15, 0.2) is 30.3 Å². The van der Waals surface area contributed by atoms with E-state index in [4.69, 9.17) is 0 Å². The summed E-state index contributed by atoms with van der Waals surface area (Å²) < 4.78 is 0. The Hall–Kier alpha value is -1.72. The second-order valence-corrected chi connectivity index (χ2v) is 4.66. The molecule has 1 aliphatic rings. The number of carbonyl (C=O) groups is 2. The summed E-state index contributed by atoms with van der Waals surface area (Å²) in [5.41, 5.74) is 0.912. The van der Waals surface area contributed by atoms with E-state index in [0.29, 0.717) is 6.54 Å². The Morgan fingerprint density at radius 1 is 1.11 bits per heavy atom. The van der Waals surface area contributed by atoms with Crippen molar-refractivity contribution in [2.75, 3.05) is 32.7 Å². The van der Waals surface area contributed by atoms with Gasteiger partial charge in [0.2, 0.25) is 11.8 Å². The molecule has 1 aromatic carbocycles. The molecular weight excluding hydrogens is 242 g/mol. The lowest BCUT2D eigenvalue weighted by molar-refractivity contribution is -0.130. The van der Waals surface area contributed by atoms with Crippen LogP contribution in [-0.4, -0.2) is 49.4 Å². The van der Waals surface area contributed by atoms with Crippen molar-refractivity contribution in [3.05, 3.63) is 35.9 Å². The number of carbonyl (C=O) groups excluding carboxylic acids is 2. The predicted molar refractivity (Wildman–Crippen MR) is 72.6 cm³/mol. The van der Waals surface area contributed by atoms with Gasteiger partial charge in [0.15, 0.2) is 0 Å². The third-order valence-corrected chi connectivity index (χ3v) is 3.06. The Morgan fingerprint density at radius 2 is 1.79 bits per heavy atom. The van der Waals surface area contributed by atoms with Gasteiger partial charge in [0.1, 0.15) is 0 Å². The van der Waals surface area contributed by atoms with E-state index in [-0.39, 0.29) is 18.2 Å². The van der Waals surface area contributed by atoms with Crippen molar-refractivity contribution in [3.8, 4) is 0 Å². The summed E-state index contributed by atoms with van der Waals surface area (Å²) in [6, 6.07) is 9.41. The molecule has 0 atom stereocenters. The maximum Gasteiger partial charge on any atom is 0.240 e. The van der Waals surface area contributed by atoms with Gasteiger partial charge in [0, 0.05) is 26.2 Å². The second-order valence-electron chi connectivity index (χ2n) is 4.66. The first kappa shape index (κ1) is 13.7. The van der Waals surface area contributed by atoms with Gasteiger partial charge in [-0.1, -0.05) is 30.3 Å². The summed E-state index contributed by atoms with van der Waals surface area (Å²) in [7, 11) is 0. The Kier molecular flexibility index (Phi) is 5.06. The Morgan fingerprint density at radius 3 is 2.47 bits per heavy atom. The van der Waals surface area contributed by atoms with Crippen molar-refractivity contribution in [2.24, 2.45) is 0 Å². The number of piperazine rings is 1. The van der Waals surface area contributed by atoms with Crippen molar-refractivity contribution in [3.63, 3.8) is 0 Å². The first-order valence-corrected chi connectivity index (χ1v) is 6.54. The smallest absolute Gasteiger partial charge is 0.240 e. The molecule has 102 valence electrons. The average molecular weight is 261 g/mol. The van der Waals surface area contributed by atoms with Crippen LogP contribution in [0, 0.1) is 0 Å². The number of imide groups is 1. The van der Waals surface area contributed by atoms with Gasteiger partial charge < -0.3 is 5.32 Å². The highest BCUT2D eigenvalue weighted by Crippen LogP contribution is 1.99. The van der Waals surface area contributed by atoms with E-state index < -0.39 is 0 Å². The normalized spacial score (nSPS) is 16.0. The lowest BCUT2D eigenvalue weighted by Crippen LogP contribution is -2.48. The molecule has 0 unspecified atom stereocenters. The number of rotatable bonds is 4. The van der Waals surface area contributed by atoms with E-state index in [1.165, 1.54) is 0 Å². The minimum absolute atomic E-state index is 0.220. The van der Waals surface area contributed by atoms with E-state index in [1.807, 2.05) is 35.2 Å². The van der Waals surface area contributed by atoms with Gasteiger partial charge in [-0.05, 0) is 5.56 Å². The first-order chi connectivity index (χ1) is 9.24. The number of hydrogen-bond acceptors (Lipinski definition) is 4. The van der Waals surface area contributed by atoms with Crippen LogP contribution in [0.5, 0.6) is 0 Å². The van der Waals surface area contributed by atoms with Crippen LogP contribution in [0.2, 0.25) is 0 Å². The van der Waals surface area contributed by atoms with Crippen molar-refractivity contribution >= 4 is 11.8 Å². The summed E-state index contributed by atoms with van der Waals surface area (Å²) in [6.45, 7) is 3.78. The summed E-state index contributed by atoms with van der Waals surface area (Å²) >= 11 is 0. The van der Waals surface area contributed by atoms with Crippen LogP contribution < -0.4 is 10.6 Å². The van der Waals surface area contributed by atoms with Crippen molar-refractivity contribution in [1.29, 1.82) is 0 Å². The van der Waals surface area contributed by atoms with Crippen LogP contribution in [0.25, 0.3) is 0 Å². The summed E-state index contributed by atoms with van der Waals surface area (Å²) in [5.74, 6) is -0.464. The third-order valence-electron chi connectivity index (χ3n) is 3.06. The molecule has 2 N–H and O–H groups in total. The van der Waals surface area contributed by atoms with Crippen molar-refractivity contribution in [1.82, 2.24) is 15.5 Å². The molecule has 5 heteroatoms. The fraction of sp³-hybridized carbons (Fsp3) is 0.429. The van der Waals surface area contributed by atoms with Crippen molar-refractivity contribution in [2.45, 2.75) is 6.42 Å². The highest BCUT2D eigenvalue weighted by Gasteiger charge is 2.15. The molecule has 2 rings (SSSR count). The molecule has 0 radical (unpaired) electrons. The number of nitrogens with zero attached hydrogens (tertiary/aromatic N) is 1. The van der Waals surface area contributed by atoms with Crippen LogP contribution >= 0.6 is 0 Å². The molecule has 0 aromatic heterocycles. The van der Waals surface area contributed by atoms with E-state index in [9.17, 15) is 9.59 Å². The Balaban J connectivity index is 1.74. The van der Waals surface area contributed by atoms with E-state index >= 15 is 0 Å². The zero-order valence-electron chi connectivity index (χ0n) is 10.9. The number of nitrogens with one attached hydrogen (secondary N) is 2. The zero-order valence-corrected chi connectivity index (χ0v) is 10.9. The third kappa shape index (κ3) is 4.81. The second kappa shape index (κ2) is 7.01. The minimum atomic E-state index is -0.244. The van der Waals surface area contributed by atoms with E-state index in [2.05, 4.69) is 10.6 Å². The highest BCUT2D eigenvalue weighted by atomic mass is 16.2. The topological polar surface area (TPSA) is 61.4 Å². The largest absolute Gasteiger partial charge is 0.314 e. The Labute approximate surface area is 113 Å². The van der Waals surface area contributed by atoms with Gasteiger partial charge >= 0.3 is 0 Å². The number of benzene rings is 1. The lowest BCUT2D eigenvalue weighted by atomic mass is 10.1. The molecule has 1 fully saturated rings. The Bertz CT molecular complexity index is 428. The van der Waals surface area contributed by atoms with E-state index in [0.717, 1.165) is 31.7 Å². The van der Waals surface area contributed by atoms with Gasteiger partial charge in [-0.2, -0.15) is 0 Å². The zero-order chi connectivity index (χ0) is 13.5. The van der Waals surface area contributed by atoms with Crippen LogP contribution in [0.4, 0.5) is 0 Å². The fourth-order valence-electron chi connectivity index (χ4n) is 2.09. The summed E-state index contributed by atoms with van der Waals surface area (Å²) in [6.07, 6.45) is 0.244. The molecule has 0 bridgehead atoms. The molecule has 19 heavy (non-hydrogen) atoms. The molecule has 1 heterocycles. The standard InChI is InChI=1S/C14H19N3O2/c18-13(10-12-4-2-1-3-5-12)16-14(19)11-17-8-6-15-7-9-17/h1-5,15H,6-11H2,(H,16,18,19). The SMILES string of the molecule is O=C(Cc1ccccc1)NC(=O)CN1CCNCC1. The quantitative estimate of drug-likeness (QED) is 0.786. The fourth-order valence-corrected chi connectivity index (χ4v) is 2.09. The summed E-state index contributed by atoms with van der Waals surface area (Å²) in [5, 5.41) is 5.66. The molecule has 2 amide bonds. The maximum atomic E-state index is 11.7. The molecule has 5 nitrogen and oxygen atoms in total. The van der Waals surface area contributed by atoms with Crippen LogP contribution in [0.3, 0.4) is 0 Å². The minimum Gasteiger partial charge on any atom is -0.314 e. The highest BCUT2D eigenvalue weighted by molar-refractivity contribution is 5.96. The van der Waals surface area contributed by atoms with Crippen LogP contribution in [0.1, 0.15) is 5.56 Å². The molecule has 1 aliphatic heterocycles. The monoisotopic (exact) mass is 261 g/mol. The molecule has 1 aromatic rings.